The van der Waals surface area contributed by atoms with E-state index in [1.54, 1.807) is 0 Å². The van der Waals surface area contributed by atoms with Crippen LogP contribution >= 0.6 is 0 Å². The molecule has 2 aromatic carbocycles. The maximum absolute atomic E-state index is 9.40. The van der Waals surface area contributed by atoms with Crippen LogP contribution in [0.15, 0.2) is 41.6 Å². The van der Waals surface area contributed by atoms with Gasteiger partial charge in [-0.05, 0) is 56.9 Å². The Bertz CT molecular complexity index is 964. The quantitative estimate of drug-likeness (QED) is 0.378. The monoisotopic (exact) mass is 332 g/mol. The van der Waals surface area contributed by atoms with Gasteiger partial charge in [-0.2, -0.15) is 0 Å². The van der Waals surface area contributed by atoms with Crippen LogP contribution in [-0.4, -0.2) is 15.9 Å². The summed E-state index contributed by atoms with van der Waals surface area (Å²) < 4.78 is 0. The molecule has 0 saturated heterocycles. The minimum atomic E-state index is 0.669. The number of rotatable bonds is 3. The fourth-order valence-corrected chi connectivity index (χ4v) is 3.74. The highest BCUT2D eigenvalue weighted by molar-refractivity contribution is 6.12. The second kappa shape index (κ2) is 6.67. The zero-order valence-electron chi connectivity index (χ0n) is 15.5. The number of pyridine rings is 1. The van der Waals surface area contributed by atoms with Crippen LogP contribution in [0, 0.1) is 27.7 Å². The number of fused-ring (bicyclic) bond motifs is 1. The molecule has 25 heavy (non-hydrogen) atoms. The maximum Gasteiger partial charge on any atom is 0.0872 e. The van der Waals surface area contributed by atoms with Crippen molar-refractivity contribution in [3.05, 3.63) is 64.3 Å². The summed E-state index contributed by atoms with van der Waals surface area (Å²) in [6.07, 6.45) is 0.669. The van der Waals surface area contributed by atoms with Gasteiger partial charge in [-0.3, -0.25) is 4.98 Å². The van der Waals surface area contributed by atoms with E-state index in [9.17, 15) is 5.21 Å². The van der Waals surface area contributed by atoms with Crippen molar-refractivity contribution in [3.63, 3.8) is 0 Å². The lowest BCUT2D eigenvalue weighted by atomic mass is 9.90. The number of aromatic nitrogens is 1. The molecule has 0 aliphatic carbocycles. The van der Waals surface area contributed by atoms with Gasteiger partial charge >= 0.3 is 0 Å². The molecule has 0 spiro atoms. The second-order valence-electron chi connectivity index (χ2n) is 6.69. The van der Waals surface area contributed by atoms with Gasteiger partial charge in [-0.1, -0.05) is 48.0 Å². The molecule has 3 heteroatoms. The first-order valence-electron chi connectivity index (χ1n) is 8.66. The topological polar surface area (TPSA) is 45.5 Å². The predicted octanol–water partition coefficient (Wildman–Crippen LogP) is 5.72. The van der Waals surface area contributed by atoms with E-state index < -0.39 is 0 Å². The molecule has 128 valence electrons. The predicted molar refractivity (Wildman–Crippen MR) is 105 cm³/mol. The highest BCUT2D eigenvalue weighted by Crippen LogP contribution is 2.34. The molecule has 0 radical (unpaired) electrons. The standard InChI is InChI=1S/C22H24N2O/c1-6-20(24-25)19-12-16(5)23-22-17(19)8-7-9-18(22)21-14(3)10-13(2)11-15(21)4/h7-12,25H,6H2,1-5H3/b24-20+. The third-order valence-electron chi connectivity index (χ3n) is 4.68. The molecular formula is C22H24N2O. The molecule has 3 nitrogen and oxygen atoms in total. The van der Waals surface area contributed by atoms with Crippen molar-refractivity contribution in [3.8, 4) is 11.1 Å². The van der Waals surface area contributed by atoms with E-state index >= 15 is 0 Å². The molecule has 0 atom stereocenters. The third kappa shape index (κ3) is 3.02. The van der Waals surface area contributed by atoms with Crippen molar-refractivity contribution in [2.24, 2.45) is 5.16 Å². The highest BCUT2D eigenvalue weighted by atomic mass is 16.4. The van der Waals surface area contributed by atoms with E-state index in [1.165, 1.54) is 22.3 Å². The first kappa shape index (κ1) is 17.2. The Morgan fingerprint density at radius 2 is 1.72 bits per heavy atom. The first-order chi connectivity index (χ1) is 12.0. The van der Waals surface area contributed by atoms with Crippen LogP contribution in [0.3, 0.4) is 0 Å². The van der Waals surface area contributed by atoms with Gasteiger partial charge in [0.25, 0.3) is 0 Å². The summed E-state index contributed by atoms with van der Waals surface area (Å²) in [5.74, 6) is 0. The average molecular weight is 332 g/mol. The molecule has 0 unspecified atom stereocenters. The largest absolute Gasteiger partial charge is 0.411 e. The summed E-state index contributed by atoms with van der Waals surface area (Å²) >= 11 is 0. The molecule has 1 aromatic heterocycles. The van der Waals surface area contributed by atoms with Gasteiger partial charge in [0.05, 0.1) is 11.2 Å². The number of benzene rings is 2. The maximum atomic E-state index is 9.40. The van der Waals surface area contributed by atoms with E-state index in [-0.39, 0.29) is 0 Å². The minimum absolute atomic E-state index is 0.669. The Labute approximate surface area is 149 Å². The SMILES string of the molecule is CC/C(=N\O)c1cc(C)nc2c(-c3c(C)cc(C)cc3C)cccc12. The van der Waals surface area contributed by atoms with Gasteiger partial charge in [0.15, 0.2) is 0 Å². The number of hydrogen-bond donors (Lipinski definition) is 1. The van der Waals surface area contributed by atoms with Crippen LogP contribution in [-0.2, 0) is 0 Å². The molecule has 0 fully saturated rings. The molecule has 0 bridgehead atoms. The van der Waals surface area contributed by atoms with Gasteiger partial charge in [0.2, 0.25) is 0 Å². The fraction of sp³-hybridized carbons (Fsp3) is 0.273. The minimum Gasteiger partial charge on any atom is -0.411 e. The molecular weight excluding hydrogens is 308 g/mol. The van der Waals surface area contributed by atoms with E-state index in [0.717, 1.165) is 27.7 Å². The highest BCUT2D eigenvalue weighted by Gasteiger charge is 2.15. The summed E-state index contributed by atoms with van der Waals surface area (Å²) in [5.41, 5.74) is 9.66. The van der Waals surface area contributed by atoms with Crippen molar-refractivity contribution < 1.29 is 5.21 Å². The first-order valence-corrected chi connectivity index (χ1v) is 8.66. The molecule has 0 aliphatic heterocycles. The molecule has 3 aromatic rings. The number of nitrogens with zero attached hydrogens (tertiary/aromatic N) is 2. The summed E-state index contributed by atoms with van der Waals surface area (Å²) in [5, 5.41) is 13.9. The summed E-state index contributed by atoms with van der Waals surface area (Å²) in [6.45, 7) is 10.4. The smallest absolute Gasteiger partial charge is 0.0872 e. The molecule has 1 N–H and O–H groups in total. The zero-order valence-corrected chi connectivity index (χ0v) is 15.5. The van der Waals surface area contributed by atoms with Crippen LogP contribution in [0.25, 0.3) is 22.0 Å². The van der Waals surface area contributed by atoms with Crippen molar-refractivity contribution in [2.75, 3.05) is 0 Å². The Morgan fingerprint density at radius 1 is 1.04 bits per heavy atom. The van der Waals surface area contributed by atoms with Gasteiger partial charge in [0.1, 0.15) is 0 Å². The number of hydrogen-bond acceptors (Lipinski definition) is 3. The Hall–Kier alpha value is -2.68. The summed E-state index contributed by atoms with van der Waals surface area (Å²) in [6, 6.07) is 12.7. The van der Waals surface area contributed by atoms with Crippen molar-refractivity contribution in [1.82, 2.24) is 4.98 Å². The number of oxime groups is 1. The van der Waals surface area contributed by atoms with Gasteiger partial charge in [0, 0.05) is 22.2 Å². The molecule has 0 amide bonds. The van der Waals surface area contributed by atoms with Gasteiger partial charge < -0.3 is 5.21 Å². The van der Waals surface area contributed by atoms with E-state index in [2.05, 4.69) is 56.3 Å². The Kier molecular flexibility index (Phi) is 4.58. The van der Waals surface area contributed by atoms with Gasteiger partial charge in [-0.25, -0.2) is 0 Å². The Morgan fingerprint density at radius 3 is 2.32 bits per heavy atom. The zero-order chi connectivity index (χ0) is 18.1. The lowest BCUT2D eigenvalue weighted by Crippen LogP contribution is -2.03. The average Bonchev–Trinajstić information content (AvgIpc) is 2.55. The fourth-order valence-electron chi connectivity index (χ4n) is 3.74. The van der Waals surface area contributed by atoms with Crippen molar-refractivity contribution in [2.45, 2.75) is 41.0 Å². The van der Waals surface area contributed by atoms with E-state index in [0.29, 0.717) is 12.1 Å². The normalized spacial score (nSPS) is 12.0. The van der Waals surface area contributed by atoms with Crippen LogP contribution < -0.4 is 0 Å². The van der Waals surface area contributed by atoms with Crippen LogP contribution in [0.2, 0.25) is 0 Å². The summed E-state index contributed by atoms with van der Waals surface area (Å²) in [7, 11) is 0. The van der Waals surface area contributed by atoms with Crippen molar-refractivity contribution >= 4 is 16.6 Å². The lowest BCUT2D eigenvalue weighted by molar-refractivity contribution is 0.318. The Balaban J connectivity index is 2.40. The lowest BCUT2D eigenvalue weighted by Gasteiger charge is -2.16. The molecule has 0 aliphatic rings. The van der Waals surface area contributed by atoms with Crippen LogP contribution in [0.1, 0.15) is 41.3 Å². The number of para-hydroxylation sites is 1. The van der Waals surface area contributed by atoms with E-state index in [1.807, 2.05) is 19.9 Å². The van der Waals surface area contributed by atoms with E-state index in [4.69, 9.17) is 4.98 Å². The van der Waals surface area contributed by atoms with Crippen LogP contribution in [0.5, 0.6) is 0 Å². The summed E-state index contributed by atoms with van der Waals surface area (Å²) in [4.78, 5) is 4.83. The molecule has 0 saturated carbocycles. The molecule has 3 rings (SSSR count). The van der Waals surface area contributed by atoms with Gasteiger partial charge in [-0.15, -0.1) is 0 Å². The van der Waals surface area contributed by atoms with Crippen molar-refractivity contribution in [1.29, 1.82) is 0 Å². The number of aryl methyl sites for hydroxylation is 4. The second-order valence-corrected chi connectivity index (χ2v) is 6.69. The van der Waals surface area contributed by atoms with Crippen LogP contribution in [0.4, 0.5) is 0 Å². The molecule has 1 heterocycles. The third-order valence-corrected chi connectivity index (χ3v) is 4.68.